The van der Waals surface area contributed by atoms with E-state index >= 15 is 0 Å². The van der Waals surface area contributed by atoms with Crippen molar-refractivity contribution >= 4 is 38.9 Å². The third-order valence-corrected chi connectivity index (χ3v) is 8.10. The van der Waals surface area contributed by atoms with E-state index in [0.717, 1.165) is 41.8 Å². The van der Waals surface area contributed by atoms with Crippen molar-refractivity contribution < 1.29 is 18.7 Å². The van der Waals surface area contributed by atoms with Gasteiger partial charge in [0.25, 0.3) is 0 Å². The second-order valence-corrected chi connectivity index (χ2v) is 11.7. The van der Waals surface area contributed by atoms with E-state index in [9.17, 15) is 9.18 Å². The fraction of sp³-hybridized carbons (Fsp3) is 0.278. The minimum Gasteiger partial charge on any atom is -0.490 e. The van der Waals surface area contributed by atoms with Crippen LogP contribution in [0.2, 0.25) is 0 Å². The monoisotopic (exact) mass is 657 g/mol. The molecular weight excluding hydrogens is 621 g/mol. The Hall–Kier alpha value is -4.17. The molecule has 44 heavy (non-hydrogen) atoms. The summed E-state index contributed by atoms with van der Waals surface area (Å²) in [5.41, 5.74) is 5.34. The van der Waals surface area contributed by atoms with Crippen molar-refractivity contribution in [1.82, 2.24) is 0 Å². The van der Waals surface area contributed by atoms with Crippen molar-refractivity contribution in [3.8, 4) is 11.5 Å². The van der Waals surface area contributed by atoms with Gasteiger partial charge in [0.2, 0.25) is 0 Å². The first-order valence-electron chi connectivity index (χ1n) is 15.0. The van der Waals surface area contributed by atoms with Gasteiger partial charge in [-0.1, -0.05) is 61.4 Å². The number of rotatable bonds is 12. The second kappa shape index (κ2) is 14.1. The predicted octanol–water partition coefficient (Wildman–Crippen LogP) is 9.14. The van der Waals surface area contributed by atoms with Crippen LogP contribution >= 0.6 is 15.9 Å². The van der Waals surface area contributed by atoms with Crippen LogP contribution in [0.4, 0.5) is 15.8 Å². The Labute approximate surface area is 267 Å². The van der Waals surface area contributed by atoms with Crippen molar-refractivity contribution in [3.05, 3.63) is 117 Å². The third-order valence-electron chi connectivity index (χ3n) is 7.51. The lowest BCUT2D eigenvalue weighted by Crippen LogP contribution is -2.37. The minimum absolute atomic E-state index is 0.0394. The number of amidine groups is 1. The number of hydrazone groups is 1. The fourth-order valence-electron chi connectivity index (χ4n) is 5.23. The summed E-state index contributed by atoms with van der Waals surface area (Å²) < 4.78 is 27.2. The number of hydrogen-bond acceptors (Lipinski definition) is 6. The lowest BCUT2D eigenvalue weighted by atomic mass is 10.1. The number of ether oxygens (including phenoxy) is 2. The van der Waals surface area contributed by atoms with Crippen LogP contribution in [-0.2, 0) is 17.8 Å². The summed E-state index contributed by atoms with van der Waals surface area (Å²) >= 11 is 3.71. The molecule has 5 rings (SSSR count). The molecule has 0 fully saturated rings. The molecule has 0 amide bonds. The van der Waals surface area contributed by atoms with Gasteiger partial charge in [-0.2, -0.15) is 0 Å². The number of benzene rings is 4. The predicted molar refractivity (Wildman–Crippen MR) is 178 cm³/mol. The molecule has 8 heteroatoms. The smallest absolute Gasteiger partial charge is 0.198 e. The number of anilines is 2. The number of ketones is 1. The number of carbonyl (C=O) groups excluding carboxylic acids is 1. The second-order valence-electron chi connectivity index (χ2n) is 10.8. The molecule has 1 aliphatic heterocycles. The number of nitrogens with zero attached hydrogens (tertiary/aromatic N) is 3. The molecule has 228 valence electrons. The van der Waals surface area contributed by atoms with E-state index in [1.807, 2.05) is 60.2 Å². The molecule has 4 aromatic carbocycles. The number of aryl methyl sites for hydroxylation is 2. The van der Waals surface area contributed by atoms with E-state index in [1.165, 1.54) is 11.6 Å². The molecule has 4 aromatic rings. The summed E-state index contributed by atoms with van der Waals surface area (Å²) in [5, 5.41) is 6.76. The Bertz CT molecular complexity index is 1640. The average Bonchev–Trinajstić information content (AvgIpc) is 3.42. The van der Waals surface area contributed by atoms with Crippen molar-refractivity contribution in [1.29, 1.82) is 0 Å². The molecule has 0 aliphatic carbocycles. The number of unbranched alkanes of at least 4 members (excludes halogenated alkanes) is 1. The summed E-state index contributed by atoms with van der Waals surface area (Å²) in [6.45, 7) is 8.10. The van der Waals surface area contributed by atoms with E-state index in [0.29, 0.717) is 34.0 Å². The normalized spacial score (nSPS) is 14.5. The van der Waals surface area contributed by atoms with Crippen molar-refractivity contribution in [2.75, 3.05) is 16.5 Å². The number of Topliss-reactive ketones (excluding diaryl/α,β-unsaturated/α-hetero) is 1. The van der Waals surface area contributed by atoms with E-state index in [-0.39, 0.29) is 18.2 Å². The largest absolute Gasteiger partial charge is 0.490 e. The highest BCUT2D eigenvalue weighted by Gasteiger charge is 2.40. The third kappa shape index (κ3) is 6.81. The number of hydrogen-bond donors (Lipinski definition) is 0. The van der Waals surface area contributed by atoms with Gasteiger partial charge in [0, 0.05) is 23.7 Å². The van der Waals surface area contributed by atoms with Crippen LogP contribution in [0.25, 0.3) is 0 Å². The minimum atomic E-state index is -0.505. The van der Waals surface area contributed by atoms with Gasteiger partial charge >= 0.3 is 0 Å². The van der Waals surface area contributed by atoms with E-state index in [4.69, 9.17) is 14.6 Å². The van der Waals surface area contributed by atoms with E-state index in [1.54, 1.807) is 25.1 Å². The van der Waals surface area contributed by atoms with Crippen LogP contribution in [0.15, 0.2) is 94.5 Å². The summed E-state index contributed by atoms with van der Waals surface area (Å²) in [6, 6.07) is 26.8. The molecule has 0 bridgehead atoms. The zero-order chi connectivity index (χ0) is 31.2. The lowest BCUT2D eigenvalue weighted by molar-refractivity contribution is -0.111. The van der Waals surface area contributed by atoms with Gasteiger partial charge in [-0.3, -0.25) is 9.69 Å². The molecule has 1 heterocycles. The van der Waals surface area contributed by atoms with Gasteiger partial charge in [-0.25, -0.2) is 9.40 Å². The summed E-state index contributed by atoms with van der Waals surface area (Å²) in [5.74, 6) is 0.837. The zero-order valence-corrected chi connectivity index (χ0v) is 27.1. The average molecular weight is 659 g/mol. The first kappa shape index (κ1) is 31.3. The van der Waals surface area contributed by atoms with Gasteiger partial charge in [0.05, 0.1) is 16.8 Å². The lowest BCUT2D eigenvalue weighted by Gasteiger charge is -2.32. The molecule has 1 aliphatic rings. The fourth-order valence-corrected chi connectivity index (χ4v) is 5.80. The van der Waals surface area contributed by atoms with Crippen molar-refractivity contribution in [3.63, 3.8) is 0 Å². The highest BCUT2D eigenvalue weighted by molar-refractivity contribution is 9.10. The zero-order valence-electron chi connectivity index (χ0n) is 25.5. The van der Waals surface area contributed by atoms with Crippen LogP contribution in [0.3, 0.4) is 0 Å². The first-order valence-corrected chi connectivity index (χ1v) is 15.8. The molecule has 0 aromatic heterocycles. The van der Waals surface area contributed by atoms with Gasteiger partial charge < -0.3 is 9.47 Å². The van der Waals surface area contributed by atoms with Crippen LogP contribution in [0.1, 0.15) is 62.0 Å². The van der Waals surface area contributed by atoms with Crippen LogP contribution in [-0.4, -0.2) is 18.2 Å². The number of carbonyl (C=O) groups is 1. The quantitative estimate of drug-likeness (QED) is 0.152. The SMILES string of the molecule is CCCCc1ccc(N2C(C(C)=O)=NN(c3ccc(C)cc3)[C@H]2c2cc(Br)c(OCc3ccccc3F)c(OCC)c2)cc1. The van der Waals surface area contributed by atoms with E-state index < -0.39 is 6.17 Å². The van der Waals surface area contributed by atoms with E-state index in [2.05, 4.69) is 47.1 Å². The Kier molecular flexibility index (Phi) is 10.0. The Morgan fingerprint density at radius 3 is 2.32 bits per heavy atom. The molecule has 0 saturated carbocycles. The molecule has 0 N–H and O–H groups in total. The summed E-state index contributed by atoms with van der Waals surface area (Å²) in [7, 11) is 0. The standard InChI is InChI=1S/C36H37BrFN3O3/c1-5-7-10-26-15-19-29(20-16-26)40-35(25(4)42)39-41(30-17-13-24(3)14-18-30)36(40)28-21-31(37)34(33(22-28)43-6-2)44-23-27-11-8-9-12-32(27)38/h8-9,11-22,36H,5-7,10,23H2,1-4H3/t36-/m0/s1. The van der Waals surface area contributed by atoms with Gasteiger partial charge in [0.15, 0.2) is 29.3 Å². The molecular formula is C36H37BrFN3O3. The van der Waals surface area contributed by atoms with Crippen LogP contribution in [0.5, 0.6) is 11.5 Å². The maximum absolute atomic E-state index is 14.4. The molecule has 0 radical (unpaired) electrons. The maximum Gasteiger partial charge on any atom is 0.198 e. The molecule has 0 unspecified atom stereocenters. The molecule has 6 nitrogen and oxygen atoms in total. The highest BCUT2D eigenvalue weighted by Crippen LogP contribution is 2.45. The summed E-state index contributed by atoms with van der Waals surface area (Å²) in [4.78, 5) is 15.1. The van der Waals surface area contributed by atoms with Crippen LogP contribution in [0, 0.1) is 12.7 Å². The maximum atomic E-state index is 14.4. The van der Waals surface area contributed by atoms with Gasteiger partial charge in [-0.05, 0) is 90.6 Å². The molecule has 0 saturated heterocycles. The first-order chi connectivity index (χ1) is 21.3. The van der Waals surface area contributed by atoms with Crippen molar-refractivity contribution in [2.24, 2.45) is 5.10 Å². The molecule has 1 atom stereocenters. The van der Waals surface area contributed by atoms with Crippen LogP contribution < -0.4 is 19.4 Å². The van der Waals surface area contributed by atoms with Gasteiger partial charge in [-0.15, -0.1) is 5.10 Å². The Morgan fingerprint density at radius 2 is 1.66 bits per heavy atom. The Balaban J connectivity index is 1.60. The van der Waals surface area contributed by atoms with Gasteiger partial charge in [0.1, 0.15) is 12.4 Å². The Morgan fingerprint density at radius 1 is 0.955 bits per heavy atom. The summed E-state index contributed by atoms with van der Waals surface area (Å²) in [6.07, 6.45) is 2.74. The highest BCUT2D eigenvalue weighted by atomic mass is 79.9. The topological polar surface area (TPSA) is 54.4 Å². The van der Waals surface area contributed by atoms with Crippen molar-refractivity contribution in [2.45, 2.75) is 59.7 Å². The molecule has 0 spiro atoms. The number of halogens is 2.